The van der Waals surface area contributed by atoms with Crippen molar-refractivity contribution in [2.75, 3.05) is 0 Å². The molecule has 0 aliphatic heterocycles. The third kappa shape index (κ3) is 1.86. The van der Waals surface area contributed by atoms with Crippen LogP contribution >= 0.6 is 0 Å². The number of benzene rings is 2. The molecule has 0 saturated heterocycles. The number of rotatable bonds is 2. The van der Waals surface area contributed by atoms with Crippen molar-refractivity contribution >= 4 is 17.0 Å². The molecule has 0 aliphatic carbocycles. The second-order valence-electron chi connectivity index (χ2n) is 4.82. The average Bonchev–Trinajstić information content (AvgIpc) is 2.77. The molecular formula is C16H14N2O2. The molecule has 1 heterocycles. The Morgan fingerprint density at radius 2 is 1.85 bits per heavy atom. The van der Waals surface area contributed by atoms with Gasteiger partial charge in [0.25, 0.3) is 0 Å². The molecule has 3 aromatic rings. The van der Waals surface area contributed by atoms with Crippen LogP contribution in [0.2, 0.25) is 0 Å². The maximum Gasteiger partial charge on any atom is 0.335 e. The maximum atomic E-state index is 10.9. The lowest BCUT2D eigenvalue weighted by Gasteiger charge is -2.04. The van der Waals surface area contributed by atoms with E-state index in [0.29, 0.717) is 0 Å². The molecule has 20 heavy (non-hydrogen) atoms. The van der Waals surface area contributed by atoms with E-state index in [1.54, 1.807) is 24.3 Å². The lowest BCUT2D eigenvalue weighted by Crippen LogP contribution is -1.97. The van der Waals surface area contributed by atoms with Crippen LogP contribution in [0.4, 0.5) is 0 Å². The minimum atomic E-state index is -0.919. The van der Waals surface area contributed by atoms with E-state index < -0.39 is 5.97 Å². The van der Waals surface area contributed by atoms with Crippen molar-refractivity contribution in [2.45, 2.75) is 6.92 Å². The number of para-hydroxylation sites is 1. The van der Waals surface area contributed by atoms with Gasteiger partial charge in [-0.05, 0) is 30.7 Å². The van der Waals surface area contributed by atoms with Gasteiger partial charge in [-0.3, -0.25) is 0 Å². The first-order chi connectivity index (χ1) is 9.58. The largest absolute Gasteiger partial charge is 0.478 e. The van der Waals surface area contributed by atoms with E-state index in [1.807, 2.05) is 23.7 Å². The molecule has 0 fully saturated rings. The molecule has 4 heteroatoms. The summed E-state index contributed by atoms with van der Waals surface area (Å²) in [5.74, 6) is -0.0800. The number of carbonyl (C=O) groups is 1. The maximum absolute atomic E-state index is 10.9. The van der Waals surface area contributed by atoms with Gasteiger partial charge in [-0.2, -0.15) is 0 Å². The standard InChI is InChI=1S/C16H14N2O2/c1-10-4-3-5-13-14(10)18(2)15(17-13)11-6-8-12(9-7-11)16(19)20/h3-9H,1-2H3,(H,19,20). The summed E-state index contributed by atoms with van der Waals surface area (Å²) < 4.78 is 2.04. The Hall–Kier alpha value is -2.62. The van der Waals surface area contributed by atoms with Crippen molar-refractivity contribution in [1.82, 2.24) is 9.55 Å². The second-order valence-corrected chi connectivity index (χ2v) is 4.82. The van der Waals surface area contributed by atoms with Gasteiger partial charge >= 0.3 is 5.97 Å². The number of carboxylic acid groups (broad SMARTS) is 1. The molecule has 0 amide bonds. The summed E-state index contributed by atoms with van der Waals surface area (Å²) in [7, 11) is 1.97. The van der Waals surface area contributed by atoms with E-state index in [4.69, 9.17) is 5.11 Å². The summed E-state index contributed by atoms with van der Waals surface area (Å²) in [4.78, 5) is 15.5. The Morgan fingerprint density at radius 1 is 1.15 bits per heavy atom. The van der Waals surface area contributed by atoms with Gasteiger partial charge in [-0.25, -0.2) is 9.78 Å². The van der Waals surface area contributed by atoms with Gasteiger partial charge in [0, 0.05) is 12.6 Å². The van der Waals surface area contributed by atoms with Gasteiger partial charge in [0.05, 0.1) is 16.6 Å². The first kappa shape index (κ1) is 12.4. The summed E-state index contributed by atoms with van der Waals surface area (Å²) >= 11 is 0. The van der Waals surface area contributed by atoms with Crippen LogP contribution in [0.5, 0.6) is 0 Å². The third-order valence-corrected chi connectivity index (χ3v) is 3.49. The highest BCUT2D eigenvalue weighted by molar-refractivity contribution is 5.88. The van der Waals surface area contributed by atoms with E-state index in [1.165, 1.54) is 5.56 Å². The molecule has 0 saturated carbocycles. The van der Waals surface area contributed by atoms with Crippen molar-refractivity contribution in [1.29, 1.82) is 0 Å². The van der Waals surface area contributed by atoms with Crippen LogP contribution in [0.25, 0.3) is 22.4 Å². The Morgan fingerprint density at radius 3 is 2.45 bits per heavy atom. The Labute approximate surface area is 116 Å². The van der Waals surface area contributed by atoms with Crippen LogP contribution in [-0.2, 0) is 7.05 Å². The minimum absolute atomic E-state index is 0.281. The number of aryl methyl sites for hydroxylation is 2. The molecule has 100 valence electrons. The first-order valence-electron chi connectivity index (χ1n) is 6.33. The van der Waals surface area contributed by atoms with Crippen molar-refractivity contribution in [3.8, 4) is 11.4 Å². The summed E-state index contributed by atoms with van der Waals surface area (Å²) in [5, 5.41) is 8.93. The van der Waals surface area contributed by atoms with Gasteiger partial charge < -0.3 is 9.67 Å². The predicted molar refractivity (Wildman–Crippen MR) is 77.8 cm³/mol. The van der Waals surface area contributed by atoms with Crippen LogP contribution in [-0.4, -0.2) is 20.6 Å². The van der Waals surface area contributed by atoms with Crippen LogP contribution in [0.3, 0.4) is 0 Å². The normalized spacial score (nSPS) is 10.9. The van der Waals surface area contributed by atoms with Gasteiger partial charge in [0.2, 0.25) is 0 Å². The minimum Gasteiger partial charge on any atom is -0.478 e. The summed E-state index contributed by atoms with van der Waals surface area (Å²) in [5.41, 5.74) is 4.41. The summed E-state index contributed by atoms with van der Waals surface area (Å²) in [6.45, 7) is 2.06. The molecule has 0 radical (unpaired) electrons. The van der Waals surface area contributed by atoms with Crippen LogP contribution in [0.15, 0.2) is 42.5 Å². The molecule has 1 N–H and O–H groups in total. The quantitative estimate of drug-likeness (QED) is 0.774. The van der Waals surface area contributed by atoms with E-state index in [9.17, 15) is 4.79 Å². The van der Waals surface area contributed by atoms with Crippen LogP contribution < -0.4 is 0 Å². The summed E-state index contributed by atoms with van der Waals surface area (Å²) in [6, 6.07) is 12.8. The lowest BCUT2D eigenvalue weighted by atomic mass is 10.1. The van der Waals surface area contributed by atoms with Crippen molar-refractivity contribution < 1.29 is 9.90 Å². The van der Waals surface area contributed by atoms with Gasteiger partial charge in [-0.1, -0.05) is 24.3 Å². The number of nitrogens with zero attached hydrogens (tertiary/aromatic N) is 2. The fourth-order valence-electron chi connectivity index (χ4n) is 2.49. The zero-order chi connectivity index (χ0) is 14.3. The number of fused-ring (bicyclic) bond motifs is 1. The third-order valence-electron chi connectivity index (χ3n) is 3.49. The number of aromatic nitrogens is 2. The molecule has 0 bridgehead atoms. The molecule has 4 nitrogen and oxygen atoms in total. The monoisotopic (exact) mass is 266 g/mol. The lowest BCUT2D eigenvalue weighted by molar-refractivity contribution is 0.0697. The number of aromatic carboxylic acids is 1. The number of hydrogen-bond acceptors (Lipinski definition) is 2. The number of carboxylic acids is 1. The van der Waals surface area contributed by atoms with Crippen molar-refractivity contribution in [3.05, 3.63) is 53.6 Å². The fraction of sp³-hybridized carbons (Fsp3) is 0.125. The number of hydrogen-bond donors (Lipinski definition) is 1. The van der Waals surface area contributed by atoms with Gasteiger partial charge in [-0.15, -0.1) is 0 Å². The molecule has 0 unspecified atom stereocenters. The molecular weight excluding hydrogens is 252 g/mol. The fourth-order valence-corrected chi connectivity index (χ4v) is 2.49. The highest BCUT2D eigenvalue weighted by atomic mass is 16.4. The topological polar surface area (TPSA) is 55.1 Å². The molecule has 0 aliphatic rings. The molecule has 3 rings (SSSR count). The first-order valence-corrected chi connectivity index (χ1v) is 6.33. The molecule has 1 aromatic heterocycles. The molecule has 0 atom stereocenters. The number of imidazole rings is 1. The van der Waals surface area contributed by atoms with E-state index in [0.717, 1.165) is 22.4 Å². The van der Waals surface area contributed by atoms with Gasteiger partial charge in [0.1, 0.15) is 5.82 Å². The average molecular weight is 266 g/mol. The Kier molecular flexibility index (Phi) is 2.79. The van der Waals surface area contributed by atoms with E-state index in [-0.39, 0.29) is 5.56 Å². The highest BCUT2D eigenvalue weighted by Crippen LogP contribution is 2.25. The second kappa shape index (κ2) is 4.49. The van der Waals surface area contributed by atoms with E-state index in [2.05, 4.69) is 18.0 Å². The molecule has 0 spiro atoms. The zero-order valence-electron chi connectivity index (χ0n) is 11.3. The van der Waals surface area contributed by atoms with Crippen LogP contribution in [0, 0.1) is 6.92 Å². The predicted octanol–water partition coefficient (Wildman–Crippen LogP) is 3.25. The Balaban J connectivity index is 2.17. The van der Waals surface area contributed by atoms with Gasteiger partial charge in [0.15, 0.2) is 0 Å². The van der Waals surface area contributed by atoms with E-state index >= 15 is 0 Å². The van der Waals surface area contributed by atoms with Crippen molar-refractivity contribution in [2.24, 2.45) is 7.05 Å². The van der Waals surface area contributed by atoms with Crippen molar-refractivity contribution in [3.63, 3.8) is 0 Å². The highest BCUT2D eigenvalue weighted by Gasteiger charge is 2.11. The summed E-state index contributed by atoms with van der Waals surface area (Å²) in [6.07, 6.45) is 0. The SMILES string of the molecule is Cc1cccc2nc(-c3ccc(C(=O)O)cc3)n(C)c12. The zero-order valence-corrected chi connectivity index (χ0v) is 11.3. The Bertz CT molecular complexity index is 801. The molecule has 2 aromatic carbocycles. The van der Waals surface area contributed by atoms with Crippen LogP contribution in [0.1, 0.15) is 15.9 Å². The smallest absolute Gasteiger partial charge is 0.335 e.